The Bertz CT molecular complexity index is 716. The zero-order valence-corrected chi connectivity index (χ0v) is 17.8. The molecule has 0 atom stereocenters. The highest BCUT2D eigenvalue weighted by Gasteiger charge is 2.20. The number of rotatable bonds is 7. The highest BCUT2D eigenvalue weighted by molar-refractivity contribution is 14.0. The molecule has 0 spiro atoms. The second-order valence-corrected chi connectivity index (χ2v) is 5.98. The van der Waals surface area contributed by atoms with Gasteiger partial charge in [0.2, 0.25) is 6.79 Å². The molecule has 1 aromatic rings. The molecule has 0 aliphatic carbocycles. The van der Waals surface area contributed by atoms with E-state index in [0.717, 1.165) is 19.4 Å². The molecule has 2 N–H and O–H groups in total. The van der Waals surface area contributed by atoms with Crippen LogP contribution >= 0.6 is 24.0 Å². The van der Waals surface area contributed by atoms with E-state index in [-0.39, 0.29) is 43.1 Å². The third-order valence-electron chi connectivity index (χ3n) is 4.24. The summed E-state index contributed by atoms with van der Waals surface area (Å²) in [5.41, 5.74) is 1.88. The van der Waals surface area contributed by atoms with Gasteiger partial charge in [-0.15, -0.1) is 24.0 Å². The number of halogens is 3. The number of ether oxygens (including phenoxy) is 4. The van der Waals surface area contributed by atoms with Gasteiger partial charge in [-0.1, -0.05) is 11.6 Å². The lowest BCUT2D eigenvalue weighted by Gasteiger charge is -2.17. The van der Waals surface area contributed by atoms with Crippen molar-refractivity contribution in [3.8, 4) is 17.2 Å². The Morgan fingerprint density at radius 1 is 1.25 bits per heavy atom. The average Bonchev–Trinajstić information content (AvgIpc) is 3.12. The summed E-state index contributed by atoms with van der Waals surface area (Å²) in [6.07, 6.45) is 3.94. The first-order valence-electron chi connectivity index (χ1n) is 8.73. The molecule has 0 saturated heterocycles. The lowest BCUT2D eigenvalue weighted by Crippen LogP contribution is -2.37. The number of hydrogen-bond donors (Lipinski definition) is 2. The Labute approximate surface area is 179 Å². The summed E-state index contributed by atoms with van der Waals surface area (Å²) in [7, 11) is 1.65. The topological polar surface area (TPSA) is 73.3 Å². The number of guanidine groups is 1. The Morgan fingerprint density at radius 2 is 2.04 bits per heavy atom. The minimum Gasteiger partial charge on any atom is -0.454 e. The molecule has 0 amide bonds. The second kappa shape index (κ2) is 11.2. The van der Waals surface area contributed by atoms with Gasteiger partial charge in [-0.2, -0.15) is 8.78 Å². The minimum atomic E-state index is -2.92. The maximum atomic E-state index is 12.7. The molecule has 2 aliphatic rings. The first-order valence-corrected chi connectivity index (χ1v) is 8.73. The molecule has 0 radical (unpaired) electrons. The predicted octanol–water partition coefficient (Wildman–Crippen LogP) is 3.04. The number of hydrogen-bond acceptors (Lipinski definition) is 5. The van der Waals surface area contributed by atoms with Crippen LogP contribution in [0.15, 0.2) is 28.8 Å². The van der Waals surface area contributed by atoms with E-state index in [1.165, 1.54) is 11.6 Å². The van der Waals surface area contributed by atoms with Crippen molar-refractivity contribution in [2.45, 2.75) is 26.0 Å². The van der Waals surface area contributed by atoms with E-state index in [2.05, 4.69) is 26.4 Å². The molecule has 0 saturated carbocycles. The Hall–Kier alpha value is -1.82. The van der Waals surface area contributed by atoms with E-state index < -0.39 is 6.61 Å². The fraction of sp³-hybridized carbons (Fsp3) is 0.500. The molecular weight excluding hydrogens is 487 g/mol. The van der Waals surface area contributed by atoms with Crippen LogP contribution in [0.4, 0.5) is 8.78 Å². The standard InChI is InChI=1S/C18H23F2N3O4.HI/c1-21-18(22-5-2-12-3-6-24-7-4-12)23-10-13-8-15-16(26-11-25-15)9-14(13)27-17(19)20;/h3,8-9,17H,2,4-7,10-11H2,1H3,(H2,21,22,23);1H. The highest BCUT2D eigenvalue weighted by Crippen LogP contribution is 2.38. The number of benzene rings is 1. The molecule has 0 bridgehead atoms. The summed E-state index contributed by atoms with van der Waals surface area (Å²) in [6, 6.07) is 3.05. The van der Waals surface area contributed by atoms with Gasteiger partial charge in [0.25, 0.3) is 0 Å². The summed E-state index contributed by atoms with van der Waals surface area (Å²) < 4.78 is 45.8. The number of nitrogens with zero attached hydrogens (tertiary/aromatic N) is 1. The summed E-state index contributed by atoms with van der Waals surface area (Å²) >= 11 is 0. The van der Waals surface area contributed by atoms with Crippen LogP contribution in [-0.2, 0) is 11.3 Å². The molecule has 10 heteroatoms. The van der Waals surface area contributed by atoms with Crippen LogP contribution in [0.3, 0.4) is 0 Å². The van der Waals surface area contributed by atoms with Gasteiger partial charge >= 0.3 is 6.61 Å². The summed E-state index contributed by atoms with van der Waals surface area (Å²) in [5.74, 6) is 1.51. The zero-order chi connectivity index (χ0) is 19.1. The van der Waals surface area contributed by atoms with Crippen molar-refractivity contribution in [3.05, 3.63) is 29.3 Å². The van der Waals surface area contributed by atoms with E-state index >= 15 is 0 Å². The van der Waals surface area contributed by atoms with Crippen LogP contribution in [0, 0.1) is 0 Å². The normalized spacial score (nSPS) is 15.7. The Morgan fingerprint density at radius 3 is 2.71 bits per heavy atom. The van der Waals surface area contributed by atoms with Crippen LogP contribution in [-0.4, -0.2) is 46.2 Å². The third-order valence-corrected chi connectivity index (χ3v) is 4.24. The number of nitrogens with one attached hydrogen (secondary N) is 2. The van der Waals surface area contributed by atoms with Crippen molar-refractivity contribution < 1.29 is 27.7 Å². The molecule has 156 valence electrons. The van der Waals surface area contributed by atoms with Crippen LogP contribution in [0.2, 0.25) is 0 Å². The van der Waals surface area contributed by atoms with Gasteiger partial charge in [0.05, 0.1) is 13.2 Å². The monoisotopic (exact) mass is 511 g/mol. The maximum absolute atomic E-state index is 12.7. The lowest BCUT2D eigenvalue weighted by molar-refractivity contribution is -0.0505. The smallest absolute Gasteiger partial charge is 0.387 e. The number of alkyl halides is 2. The van der Waals surface area contributed by atoms with E-state index in [9.17, 15) is 8.78 Å². The fourth-order valence-corrected chi connectivity index (χ4v) is 2.84. The van der Waals surface area contributed by atoms with Crippen LogP contribution < -0.4 is 24.8 Å². The Kier molecular flexibility index (Phi) is 9.03. The molecular formula is C18H24F2IN3O4. The molecule has 0 aromatic heterocycles. The minimum absolute atomic E-state index is 0. The van der Waals surface area contributed by atoms with Crippen molar-refractivity contribution in [2.75, 3.05) is 33.6 Å². The van der Waals surface area contributed by atoms with E-state index in [4.69, 9.17) is 14.2 Å². The van der Waals surface area contributed by atoms with Gasteiger partial charge in [0.1, 0.15) is 5.75 Å². The highest BCUT2D eigenvalue weighted by atomic mass is 127. The maximum Gasteiger partial charge on any atom is 0.387 e. The third kappa shape index (κ3) is 6.36. The molecule has 3 rings (SSSR count). The predicted molar refractivity (Wildman–Crippen MR) is 111 cm³/mol. The second-order valence-electron chi connectivity index (χ2n) is 5.98. The van der Waals surface area contributed by atoms with Crippen molar-refractivity contribution >= 4 is 29.9 Å². The lowest BCUT2D eigenvalue weighted by atomic mass is 10.1. The van der Waals surface area contributed by atoms with Crippen molar-refractivity contribution in [3.63, 3.8) is 0 Å². The first-order chi connectivity index (χ1) is 13.2. The summed E-state index contributed by atoms with van der Waals surface area (Å²) in [4.78, 5) is 4.15. The van der Waals surface area contributed by atoms with Gasteiger partial charge in [-0.3, -0.25) is 4.99 Å². The van der Waals surface area contributed by atoms with Crippen molar-refractivity contribution in [1.29, 1.82) is 0 Å². The van der Waals surface area contributed by atoms with Gasteiger partial charge < -0.3 is 29.6 Å². The van der Waals surface area contributed by atoms with Gasteiger partial charge in [0, 0.05) is 31.8 Å². The van der Waals surface area contributed by atoms with Crippen LogP contribution in [0.25, 0.3) is 0 Å². The molecule has 0 unspecified atom stereocenters. The molecule has 7 nitrogen and oxygen atoms in total. The van der Waals surface area contributed by atoms with E-state index in [0.29, 0.717) is 36.2 Å². The first kappa shape index (κ1) is 22.5. The fourth-order valence-electron chi connectivity index (χ4n) is 2.84. The largest absolute Gasteiger partial charge is 0.454 e. The molecule has 2 heterocycles. The van der Waals surface area contributed by atoms with Gasteiger partial charge in [-0.25, -0.2) is 0 Å². The Balaban J connectivity index is 0.00000280. The molecule has 2 aliphatic heterocycles. The zero-order valence-electron chi connectivity index (χ0n) is 15.5. The molecule has 28 heavy (non-hydrogen) atoms. The van der Waals surface area contributed by atoms with Crippen LogP contribution in [0.1, 0.15) is 18.4 Å². The van der Waals surface area contributed by atoms with Gasteiger partial charge in [-0.05, 0) is 18.9 Å². The van der Waals surface area contributed by atoms with Crippen LogP contribution in [0.5, 0.6) is 17.2 Å². The van der Waals surface area contributed by atoms with E-state index in [1.807, 2.05) is 0 Å². The van der Waals surface area contributed by atoms with Crippen molar-refractivity contribution in [1.82, 2.24) is 10.6 Å². The van der Waals surface area contributed by atoms with E-state index in [1.54, 1.807) is 13.1 Å². The average molecular weight is 511 g/mol. The molecule has 1 aromatic carbocycles. The summed E-state index contributed by atoms with van der Waals surface area (Å²) in [5, 5.41) is 6.31. The number of fused-ring (bicyclic) bond motifs is 1. The molecule has 0 fully saturated rings. The van der Waals surface area contributed by atoms with Crippen molar-refractivity contribution in [2.24, 2.45) is 4.99 Å². The quantitative estimate of drug-likeness (QED) is 0.254. The summed E-state index contributed by atoms with van der Waals surface area (Å²) in [6.45, 7) is -0.476. The SMILES string of the molecule is CN=C(NCCC1=CCOCC1)NCc1cc2c(cc1OC(F)F)OCO2.I. The van der Waals surface area contributed by atoms with Gasteiger partial charge in [0.15, 0.2) is 17.5 Å². The number of aliphatic imine (C=N–C) groups is 1.